The Morgan fingerprint density at radius 2 is 1.83 bits per heavy atom. The van der Waals surface area contributed by atoms with E-state index < -0.39 is 0 Å². The first kappa shape index (κ1) is 20.2. The fourth-order valence-corrected chi connectivity index (χ4v) is 3.91. The van der Waals surface area contributed by atoms with Crippen molar-refractivity contribution in [3.05, 3.63) is 75.6 Å². The van der Waals surface area contributed by atoms with Crippen molar-refractivity contribution in [2.75, 3.05) is 19.7 Å². The highest BCUT2D eigenvalue weighted by Gasteiger charge is 2.15. The Morgan fingerprint density at radius 3 is 2.57 bits per heavy atom. The van der Waals surface area contributed by atoms with Crippen molar-refractivity contribution < 1.29 is 9.53 Å². The van der Waals surface area contributed by atoms with Crippen LogP contribution in [0, 0.1) is 0 Å². The third-order valence-electron chi connectivity index (χ3n) is 5.50. The van der Waals surface area contributed by atoms with Gasteiger partial charge in [0.2, 0.25) is 5.43 Å². The summed E-state index contributed by atoms with van der Waals surface area (Å²) in [6, 6.07) is 13.5. The Morgan fingerprint density at radius 1 is 1.10 bits per heavy atom. The summed E-state index contributed by atoms with van der Waals surface area (Å²) in [5.74, 6) is 0.217. The molecule has 1 aromatic heterocycles. The first-order chi connectivity index (χ1) is 14.7. The van der Waals surface area contributed by atoms with Crippen molar-refractivity contribution in [2.45, 2.75) is 32.9 Å². The van der Waals surface area contributed by atoms with Gasteiger partial charge in [-0.25, -0.2) is 0 Å². The molecule has 1 aliphatic heterocycles. The lowest BCUT2D eigenvalue weighted by Crippen LogP contribution is -2.28. The Kier molecular flexibility index (Phi) is 6.14. The van der Waals surface area contributed by atoms with E-state index in [4.69, 9.17) is 4.74 Å². The van der Waals surface area contributed by atoms with E-state index >= 15 is 0 Å². The zero-order valence-corrected chi connectivity index (χ0v) is 17.2. The zero-order chi connectivity index (χ0) is 20.9. The predicted octanol–water partition coefficient (Wildman–Crippen LogP) is 3.45. The second-order valence-electron chi connectivity index (χ2n) is 7.63. The second-order valence-corrected chi connectivity index (χ2v) is 7.63. The number of H-pyrrole nitrogens is 1. The summed E-state index contributed by atoms with van der Waals surface area (Å²) in [6.45, 7) is 6.08. The maximum atomic E-state index is 12.8. The number of carbonyl (C=O) groups excluding carboxylic acids is 1. The number of pyridine rings is 1. The van der Waals surface area contributed by atoms with Crippen molar-refractivity contribution in [3.63, 3.8) is 0 Å². The van der Waals surface area contributed by atoms with Crippen molar-refractivity contribution in [3.8, 4) is 5.75 Å². The first-order valence-electron chi connectivity index (χ1n) is 10.5. The average Bonchev–Trinajstić information content (AvgIpc) is 3.27. The van der Waals surface area contributed by atoms with E-state index in [-0.39, 0.29) is 16.9 Å². The fraction of sp³-hybridized carbons (Fsp3) is 0.333. The van der Waals surface area contributed by atoms with E-state index in [1.807, 2.05) is 19.1 Å². The number of hydrogen-bond acceptors (Lipinski definition) is 4. The predicted molar refractivity (Wildman–Crippen MR) is 118 cm³/mol. The lowest BCUT2D eigenvalue weighted by Gasteiger charge is -2.14. The molecule has 1 saturated heterocycles. The molecule has 2 heterocycles. The van der Waals surface area contributed by atoms with Gasteiger partial charge in [-0.05, 0) is 56.1 Å². The molecular weight excluding hydrogens is 378 g/mol. The summed E-state index contributed by atoms with van der Waals surface area (Å²) < 4.78 is 5.56. The Balaban J connectivity index is 1.43. The van der Waals surface area contributed by atoms with Crippen LogP contribution < -0.4 is 15.5 Å². The molecule has 0 saturated carbocycles. The summed E-state index contributed by atoms with van der Waals surface area (Å²) >= 11 is 0. The van der Waals surface area contributed by atoms with Gasteiger partial charge in [0.05, 0.1) is 17.5 Å². The molecule has 0 radical (unpaired) electrons. The van der Waals surface area contributed by atoms with E-state index in [1.165, 1.54) is 37.7 Å². The zero-order valence-electron chi connectivity index (χ0n) is 17.2. The van der Waals surface area contributed by atoms with Crippen LogP contribution in [-0.2, 0) is 13.1 Å². The summed E-state index contributed by atoms with van der Waals surface area (Å²) in [4.78, 5) is 30.9. The number of hydrogen-bond donors (Lipinski definition) is 2. The molecule has 1 aliphatic rings. The molecule has 3 aromatic rings. The molecule has 6 nitrogen and oxygen atoms in total. The third-order valence-corrected chi connectivity index (χ3v) is 5.50. The molecule has 0 bridgehead atoms. The van der Waals surface area contributed by atoms with Crippen LogP contribution in [0.2, 0.25) is 0 Å². The highest BCUT2D eigenvalue weighted by atomic mass is 16.5. The van der Waals surface area contributed by atoms with Gasteiger partial charge in [0.1, 0.15) is 11.3 Å². The molecule has 2 N–H and O–H groups in total. The van der Waals surface area contributed by atoms with Crippen molar-refractivity contribution in [1.29, 1.82) is 0 Å². The van der Waals surface area contributed by atoms with Crippen LogP contribution in [0.5, 0.6) is 5.75 Å². The normalized spacial score (nSPS) is 14.2. The molecule has 0 spiro atoms. The quantitative estimate of drug-likeness (QED) is 0.631. The van der Waals surface area contributed by atoms with Crippen LogP contribution in [-0.4, -0.2) is 35.5 Å². The number of rotatable bonds is 7. The standard InChI is InChI=1S/C24H27N3O3/c1-2-30-21-7-5-6-19-22(21)25-15-20(23(19)28)24(29)26-14-17-8-10-18(11-9-17)16-27-12-3-4-13-27/h5-11,15H,2-4,12-14,16H2,1H3,(H,25,28)(H,26,29). The number of likely N-dealkylation sites (tertiary alicyclic amines) is 1. The minimum Gasteiger partial charge on any atom is -0.492 e. The van der Waals surface area contributed by atoms with Crippen LogP contribution in [0.15, 0.2) is 53.5 Å². The van der Waals surface area contributed by atoms with Crippen molar-refractivity contribution in [2.24, 2.45) is 0 Å². The van der Waals surface area contributed by atoms with E-state index in [0.717, 1.165) is 12.1 Å². The lowest BCUT2D eigenvalue weighted by atomic mass is 10.1. The molecule has 6 heteroatoms. The van der Waals surface area contributed by atoms with Gasteiger partial charge in [0, 0.05) is 19.3 Å². The molecule has 0 aliphatic carbocycles. The van der Waals surface area contributed by atoms with Gasteiger partial charge in [-0.15, -0.1) is 0 Å². The number of benzene rings is 2. The Labute approximate surface area is 175 Å². The fourth-order valence-electron chi connectivity index (χ4n) is 3.91. The van der Waals surface area contributed by atoms with Crippen LogP contribution >= 0.6 is 0 Å². The number of aromatic nitrogens is 1. The number of carbonyl (C=O) groups is 1. The van der Waals surface area contributed by atoms with Gasteiger partial charge < -0.3 is 15.0 Å². The summed E-state index contributed by atoms with van der Waals surface area (Å²) in [6.07, 6.45) is 4.03. The molecule has 156 valence electrons. The van der Waals surface area contributed by atoms with E-state index in [2.05, 4.69) is 27.3 Å². The Hall–Kier alpha value is -3.12. The van der Waals surface area contributed by atoms with Gasteiger partial charge in [-0.2, -0.15) is 0 Å². The number of aromatic amines is 1. The van der Waals surface area contributed by atoms with Crippen LogP contribution in [0.1, 0.15) is 41.3 Å². The largest absolute Gasteiger partial charge is 0.492 e. The number of para-hydroxylation sites is 1. The molecule has 0 unspecified atom stereocenters. The highest BCUT2D eigenvalue weighted by molar-refractivity contribution is 5.97. The molecular formula is C24H27N3O3. The number of nitrogens with zero attached hydrogens (tertiary/aromatic N) is 1. The maximum absolute atomic E-state index is 12.8. The third kappa shape index (κ3) is 4.39. The van der Waals surface area contributed by atoms with Gasteiger partial charge in [0.15, 0.2) is 0 Å². The summed E-state index contributed by atoms with van der Waals surface area (Å²) in [7, 11) is 0. The monoisotopic (exact) mass is 405 g/mol. The lowest BCUT2D eigenvalue weighted by molar-refractivity contribution is 0.0949. The first-order valence-corrected chi connectivity index (χ1v) is 10.5. The van der Waals surface area contributed by atoms with Gasteiger partial charge in [0.25, 0.3) is 5.91 Å². The number of amides is 1. The van der Waals surface area contributed by atoms with Crippen molar-refractivity contribution >= 4 is 16.8 Å². The topological polar surface area (TPSA) is 74.4 Å². The highest BCUT2D eigenvalue weighted by Crippen LogP contribution is 2.21. The maximum Gasteiger partial charge on any atom is 0.257 e. The van der Waals surface area contributed by atoms with Crippen LogP contribution in [0.4, 0.5) is 0 Å². The van der Waals surface area contributed by atoms with Gasteiger partial charge in [-0.1, -0.05) is 30.3 Å². The molecule has 2 aromatic carbocycles. The van der Waals surface area contributed by atoms with E-state index in [0.29, 0.717) is 29.8 Å². The molecule has 30 heavy (non-hydrogen) atoms. The Bertz CT molecular complexity index is 1080. The second kappa shape index (κ2) is 9.13. The minimum absolute atomic E-state index is 0.0989. The molecule has 0 atom stereocenters. The number of fused-ring (bicyclic) bond motifs is 1. The molecule has 1 fully saturated rings. The molecule has 1 amide bonds. The van der Waals surface area contributed by atoms with Gasteiger partial charge >= 0.3 is 0 Å². The average molecular weight is 405 g/mol. The molecule has 4 rings (SSSR count). The summed E-state index contributed by atoms with van der Waals surface area (Å²) in [5, 5.41) is 3.30. The summed E-state index contributed by atoms with van der Waals surface area (Å²) in [5.41, 5.74) is 2.69. The van der Waals surface area contributed by atoms with E-state index in [1.54, 1.807) is 18.2 Å². The number of ether oxygens (including phenoxy) is 1. The van der Waals surface area contributed by atoms with E-state index in [9.17, 15) is 9.59 Å². The van der Waals surface area contributed by atoms with Crippen molar-refractivity contribution in [1.82, 2.24) is 15.2 Å². The van der Waals surface area contributed by atoms with Crippen LogP contribution in [0.3, 0.4) is 0 Å². The smallest absolute Gasteiger partial charge is 0.257 e. The van der Waals surface area contributed by atoms with Crippen LogP contribution in [0.25, 0.3) is 10.9 Å². The SMILES string of the molecule is CCOc1cccc2c(=O)c(C(=O)NCc3ccc(CN4CCCC4)cc3)c[nH]c12. The minimum atomic E-state index is -0.388. The van der Waals surface area contributed by atoms with Gasteiger partial charge in [-0.3, -0.25) is 14.5 Å². The number of nitrogens with one attached hydrogen (secondary N) is 2.